The second kappa shape index (κ2) is 6.95. The van der Waals surface area contributed by atoms with Crippen molar-refractivity contribution >= 4 is 5.91 Å². The van der Waals surface area contributed by atoms with Crippen molar-refractivity contribution in [2.75, 3.05) is 26.2 Å². The predicted molar refractivity (Wildman–Crippen MR) is 85.9 cm³/mol. The van der Waals surface area contributed by atoms with Crippen molar-refractivity contribution in [2.45, 2.75) is 45.4 Å². The predicted octanol–water partition coefficient (Wildman–Crippen LogP) is 2.83. The summed E-state index contributed by atoms with van der Waals surface area (Å²) in [4.78, 5) is 14.5. The molecule has 1 saturated heterocycles. The van der Waals surface area contributed by atoms with E-state index in [0.29, 0.717) is 5.92 Å². The number of carbonyl (C=O) groups excluding carboxylic acids is 1. The number of nitrogens with zero attached hydrogens (tertiary/aromatic N) is 1. The van der Waals surface area contributed by atoms with Gasteiger partial charge in [0.15, 0.2) is 0 Å². The number of hydrogen-bond donors (Lipinski definition) is 1. The first kappa shape index (κ1) is 15.1. The molecule has 3 heteroatoms. The molecule has 1 aliphatic heterocycles. The minimum absolute atomic E-state index is 0.281. The number of amides is 1. The Morgan fingerprint density at radius 2 is 2.05 bits per heavy atom. The second-order valence-electron chi connectivity index (χ2n) is 7.26. The Kier molecular flexibility index (Phi) is 4.99. The molecular formula is C18H30N2O. The molecule has 1 N–H and O–H groups in total. The largest absolute Gasteiger partial charge is 0.356 e. The van der Waals surface area contributed by atoms with Gasteiger partial charge in [0.2, 0.25) is 5.91 Å². The number of hydrogen-bond acceptors (Lipinski definition) is 2. The Morgan fingerprint density at radius 1 is 1.24 bits per heavy atom. The fourth-order valence-corrected chi connectivity index (χ4v) is 4.46. The Bertz CT molecular complexity index is 385. The first-order chi connectivity index (χ1) is 10.2. The molecule has 3 atom stereocenters. The average molecular weight is 290 g/mol. The van der Waals surface area contributed by atoms with Gasteiger partial charge in [-0.15, -0.1) is 0 Å². The topological polar surface area (TPSA) is 32.3 Å². The summed E-state index contributed by atoms with van der Waals surface area (Å²) in [7, 11) is 0. The Morgan fingerprint density at radius 3 is 2.67 bits per heavy atom. The smallest absolute Gasteiger partial charge is 0.220 e. The molecular weight excluding hydrogens is 260 g/mol. The molecule has 21 heavy (non-hydrogen) atoms. The normalized spacial score (nSPS) is 32.7. The molecule has 1 saturated carbocycles. The fraction of sp³-hybridized carbons (Fsp3) is 0.833. The number of fused-ring (bicyclic) bond motifs is 2. The third-order valence-corrected chi connectivity index (χ3v) is 5.88. The van der Waals surface area contributed by atoms with Gasteiger partial charge in [-0.25, -0.2) is 0 Å². The Labute approximate surface area is 129 Å². The van der Waals surface area contributed by atoms with Crippen LogP contribution in [0.3, 0.4) is 0 Å². The first-order valence-electron chi connectivity index (χ1n) is 8.92. The lowest BCUT2D eigenvalue weighted by molar-refractivity contribution is -0.122. The number of allylic oxidation sites excluding steroid dienone is 2. The maximum absolute atomic E-state index is 12.1. The monoisotopic (exact) mass is 290 g/mol. The van der Waals surface area contributed by atoms with Crippen molar-refractivity contribution < 1.29 is 4.79 Å². The summed E-state index contributed by atoms with van der Waals surface area (Å²) >= 11 is 0. The van der Waals surface area contributed by atoms with Crippen LogP contribution in [-0.2, 0) is 4.79 Å². The van der Waals surface area contributed by atoms with Crippen LogP contribution in [0.1, 0.15) is 45.4 Å². The van der Waals surface area contributed by atoms with E-state index in [2.05, 4.69) is 29.3 Å². The van der Waals surface area contributed by atoms with E-state index >= 15 is 0 Å². The van der Waals surface area contributed by atoms with Crippen molar-refractivity contribution in [3.05, 3.63) is 12.2 Å². The molecule has 0 aromatic heterocycles. The quantitative estimate of drug-likeness (QED) is 0.763. The lowest BCUT2D eigenvalue weighted by atomic mass is 9.90. The molecule has 1 amide bonds. The van der Waals surface area contributed by atoms with Crippen LogP contribution < -0.4 is 5.32 Å². The summed E-state index contributed by atoms with van der Waals surface area (Å²) in [6.07, 6.45) is 11.8. The van der Waals surface area contributed by atoms with E-state index in [0.717, 1.165) is 37.3 Å². The molecule has 3 rings (SSSR count). The molecule has 118 valence electrons. The highest BCUT2D eigenvalue weighted by atomic mass is 16.1. The molecule has 0 spiro atoms. The van der Waals surface area contributed by atoms with Crippen LogP contribution in [0.15, 0.2) is 12.2 Å². The number of nitrogens with one attached hydrogen (secondary N) is 1. The van der Waals surface area contributed by atoms with E-state index in [4.69, 9.17) is 0 Å². The molecule has 3 aliphatic rings. The maximum atomic E-state index is 12.1. The van der Waals surface area contributed by atoms with E-state index in [1.54, 1.807) is 0 Å². The molecule has 0 aromatic rings. The highest BCUT2D eigenvalue weighted by molar-refractivity contribution is 5.76. The van der Waals surface area contributed by atoms with E-state index in [9.17, 15) is 4.79 Å². The molecule has 2 aliphatic carbocycles. The van der Waals surface area contributed by atoms with E-state index in [1.807, 2.05) is 0 Å². The van der Waals surface area contributed by atoms with Gasteiger partial charge in [-0.1, -0.05) is 19.1 Å². The maximum Gasteiger partial charge on any atom is 0.220 e. The van der Waals surface area contributed by atoms with Gasteiger partial charge in [-0.3, -0.25) is 4.79 Å². The van der Waals surface area contributed by atoms with E-state index in [1.165, 1.54) is 45.2 Å². The molecule has 0 unspecified atom stereocenters. The summed E-state index contributed by atoms with van der Waals surface area (Å²) in [6, 6.07) is 0. The zero-order chi connectivity index (χ0) is 14.7. The number of likely N-dealkylation sites (tertiary alicyclic amines) is 1. The fourth-order valence-electron chi connectivity index (χ4n) is 4.46. The number of piperidine rings is 1. The number of carbonyl (C=O) groups is 1. The lowest BCUT2D eigenvalue weighted by Crippen LogP contribution is -2.36. The van der Waals surface area contributed by atoms with Crippen LogP contribution in [0, 0.1) is 23.7 Å². The highest BCUT2D eigenvalue weighted by Gasteiger charge is 2.34. The minimum Gasteiger partial charge on any atom is -0.356 e. The van der Waals surface area contributed by atoms with Crippen molar-refractivity contribution in [1.82, 2.24) is 10.2 Å². The molecule has 0 radical (unpaired) electrons. The summed E-state index contributed by atoms with van der Waals surface area (Å²) in [5, 5.41) is 3.16. The van der Waals surface area contributed by atoms with Crippen LogP contribution in [0.25, 0.3) is 0 Å². The summed E-state index contributed by atoms with van der Waals surface area (Å²) in [5.74, 6) is 3.37. The van der Waals surface area contributed by atoms with E-state index in [-0.39, 0.29) is 5.91 Å². The van der Waals surface area contributed by atoms with Gasteiger partial charge in [0.25, 0.3) is 0 Å². The number of rotatable bonds is 6. The van der Waals surface area contributed by atoms with Crippen molar-refractivity contribution in [3.8, 4) is 0 Å². The van der Waals surface area contributed by atoms with Crippen LogP contribution in [0.5, 0.6) is 0 Å². The van der Waals surface area contributed by atoms with Crippen LogP contribution in [0.2, 0.25) is 0 Å². The van der Waals surface area contributed by atoms with Gasteiger partial charge in [0, 0.05) is 13.0 Å². The Hall–Kier alpha value is -0.830. The van der Waals surface area contributed by atoms with Gasteiger partial charge in [0.05, 0.1) is 0 Å². The standard InChI is InChI=1S/C18H30N2O/c1-2-20-9-6-14(7-10-20)13-18(21)19-8-5-17-12-15-3-4-16(17)11-15/h3-4,14-17H,2,5-13H2,1H3,(H,19,21)/t15-,16+,17-/m1/s1. The van der Waals surface area contributed by atoms with Gasteiger partial charge >= 0.3 is 0 Å². The van der Waals surface area contributed by atoms with Crippen molar-refractivity contribution in [3.63, 3.8) is 0 Å². The van der Waals surface area contributed by atoms with Crippen LogP contribution in [0.4, 0.5) is 0 Å². The second-order valence-corrected chi connectivity index (χ2v) is 7.26. The van der Waals surface area contributed by atoms with Gasteiger partial charge in [-0.05, 0) is 75.4 Å². The van der Waals surface area contributed by atoms with Gasteiger partial charge in [0.1, 0.15) is 0 Å². The SMILES string of the molecule is CCN1CCC(CC(=O)NCC[C@@H]2C[C@@H]3C=C[C@H]2C3)CC1. The molecule has 2 fully saturated rings. The molecule has 2 bridgehead atoms. The lowest BCUT2D eigenvalue weighted by Gasteiger charge is -2.30. The van der Waals surface area contributed by atoms with Crippen LogP contribution in [-0.4, -0.2) is 37.0 Å². The zero-order valence-corrected chi connectivity index (χ0v) is 13.4. The third kappa shape index (κ3) is 3.88. The summed E-state index contributed by atoms with van der Waals surface area (Å²) < 4.78 is 0. The van der Waals surface area contributed by atoms with Gasteiger partial charge < -0.3 is 10.2 Å². The summed E-state index contributed by atoms with van der Waals surface area (Å²) in [5.41, 5.74) is 0. The minimum atomic E-state index is 0.281. The van der Waals surface area contributed by atoms with E-state index < -0.39 is 0 Å². The van der Waals surface area contributed by atoms with Crippen LogP contribution >= 0.6 is 0 Å². The summed E-state index contributed by atoms with van der Waals surface area (Å²) in [6.45, 7) is 6.60. The van der Waals surface area contributed by atoms with Gasteiger partial charge in [-0.2, -0.15) is 0 Å². The molecule has 0 aromatic carbocycles. The first-order valence-corrected chi connectivity index (χ1v) is 8.92. The average Bonchev–Trinajstić information content (AvgIpc) is 3.11. The third-order valence-electron chi connectivity index (χ3n) is 5.88. The van der Waals surface area contributed by atoms with Crippen molar-refractivity contribution in [2.24, 2.45) is 23.7 Å². The van der Waals surface area contributed by atoms with Crippen molar-refractivity contribution in [1.29, 1.82) is 0 Å². The highest BCUT2D eigenvalue weighted by Crippen LogP contribution is 2.44. The molecule has 1 heterocycles. The zero-order valence-electron chi connectivity index (χ0n) is 13.4. The Balaban J connectivity index is 1.29. The molecule has 3 nitrogen and oxygen atoms in total.